The summed E-state index contributed by atoms with van der Waals surface area (Å²) in [6, 6.07) is 0.671. The van der Waals surface area contributed by atoms with Crippen LogP contribution in [0.25, 0.3) is 0 Å². The van der Waals surface area contributed by atoms with E-state index in [0.717, 1.165) is 37.8 Å². The highest BCUT2D eigenvalue weighted by molar-refractivity contribution is 5.82. The number of hydrogen-bond donors (Lipinski definition) is 1. The van der Waals surface area contributed by atoms with Crippen molar-refractivity contribution in [3.63, 3.8) is 0 Å². The van der Waals surface area contributed by atoms with Gasteiger partial charge in [-0.3, -0.25) is 9.69 Å². The molecule has 3 nitrogen and oxygen atoms in total. The maximum atomic E-state index is 12.4. The summed E-state index contributed by atoms with van der Waals surface area (Å²) in [5, 5.41) is 3.36. The van der Waals surface area contributed by atoms with E-state index in [2.05, 4.69) is 17.1 Å². The van der Waals surface area contributed by atoms with Gasteiger partial charge in [-0.05, 0) is 63.5 Å². The Bertz CT molecular complexity index is 318. The molecule has 102 valence electrons. The molecule has 0 spiro atoms. The molecule has 2 saturated carbocycles. The first-order valence-electron chi connectivity index (χ1n) is 7.82. The minimum Gasteiger partial charge on any atom is -0.352 e. The minimum atomic E-state index is 0.170. The molecular weight excluding hydrogens is 224 g/mol. The van der Waals surface area contributed by atoms with E-state index in [1.54, 1.807) is 0 Å². The highest BCUT2D eigenvalue weighted by atomic mass is 16.2. The van der Waals surface area contributed by atoms with Crippen molar-refractivity contribution >= 4 is 5.91 Å². The fourth-order valence-corrected chi connectivity index (χ4v) is 4.38. The first-order chi connectivity index (χ1) is 8.78. The Labute approximate surface area is 110 Å². The molecular formula is C15H26N2O. The molecule has 2 bridgehead atoms. The van der Waals surface area contributed by atoms with Crippen molar-refractivity contribution in [2.75, 3.05) is 13.1 Å². The van der Waals surface area contributed by atoms with Gasteiger partial charge in [0, 0.05) is 6.04 Å². The van der Waals surface area contributed by atoms with E-state index in [4.69, 9.17) is 0 Å². The van der Waals surface area contributed by atoms with Crippen molar-refractivity contribution in [3.8, 4) is 0 Å². The van der Waals surface area contributed by atoms with Crippen LogP contribution < -0.4 is 5.32 Å². The van der Waals surface area contributed by atoms with Crippen molar-refractivity contribution in [2.24, 2.45) is 11.8 Å². The SMILES string of the molecule is CCCN1CCC[C@@H]1C(=O)NC1C[C@H]2CC[C@@H]1C2. The molecule has 0 aromatic carbocycles. The number of hydrogen-bond acceptors (Lipinski definition) is 2. The van der Waals surface area contributed by atoms with Gasteiger partial charge in [-0.15, -0.1) is 0 Å². The fraction of sp³-hybridized carbons (Fsp3) is 0.933. The van der Waals surface area contributed by atoms with Gasteiger partial charge < -0.3 is 5.32 Å². The standard InChI is InChI=1S/C15H26N2O/c1-2-7-17-8-3-4-14(17)15(18)16-13-10-11-5-6-12(13)9-11/h11-14H,2-10H2,1H3,(H,16,18)/t11-,12+,13?,14+/m0/s1. The lowest BCUT2D eigenvalue weighted by Gasteiger charge is -2.28. The lowest BCUT2D eigenvalue weighted by molar-refractivity contribution is -0.126. The molecule has 4 atom stereocenters. The number of carbonyl (C=O) groups is 1. The van der Waals surface area contributed by atoms with Gasteiger partial charge in [-0.25, -0.2) is 0 Å². The van der Waals surface area contributed by atoms with Crippen molar-refractivity contribution in [3.05, 3.63) is 0 Å². The normalized spacial score (nSPS) is 39.4. The van der Waals surface area contributed by atoms with Crippen LogP contribution in [-0.4, -0.2) is 36.0 Å². The molecule has 3 aliphatic rings. The topological polar surface area (TPSA) is 32.3 Å². The number of amides is 1. The molecule has 0 aromatic rings. The summed E-state index contributed by atoms with van der Waals surface area (Å²) in [6.45, 7) is 4.39. The lowest BCUT2D eigenvalue weighted by Crippen LogP contribution is -2.48. The number of nitrogens with zero attached hydrogens (tertiary/aromatic N) is 1. The van der Waals surface area contributed by atoms with Gasteiger partial charge in [0.2, 0.25) is 5.91 Å². The molecule has 3 fully saturated rings. The molecule has 1 saturated heterocycles. The van der Waals surface area contributed by atoms with Crippen LogP contribution in [-0.2, 0) is 4.79 Å². The second-order valence-electron chi connectivity index (χ2n) is 6.48. The van der Waals surface area contributed by atoms with E-state index in [0.29, 0.717) is 11.9 Å². The fourth-order valence-electron chi connectivity index (χ4n) is 4.38. The number of carbonyl (C=O) groups excluding carboxylic acids is 1. The maximum absolute atomic E-state index is 12.4. The van der Waals surface area contributed by atoms with Gasteiger partial charge in [0.1, 0.15) is 0 Å². The van der Waals surface area contributed by atoms with Crippen LogP contribution in [0.5, 0.6) is 0 Å². The predicted molar refractivity (Wildman–Crippen MR) is 72.3 cm³/mol. The van der Waals surface area contributed by atoms with E-state index in [1.807, 2.05) is 0 Å². The average Bonchev–Trinajstić information content (AvgIpc) is 3.04. The van der Waals surface area contributed by atoms with Crippen LogP contribution in [0.1, 0.15) is 51.9 Å². The zero-order valence-electron chi connectivity index (χ0n) is 11.5. The first kappa shape index (κ1) is 12.5. The van der Waals surface area contributed by atoms with Crippen molar-refractivity contribution < 1.29 is 4.79 Å². The molecule has 2 aliphatic carbocycles. The zero-order valence-corrected chi connectivity index (χ0v) is 11.5. The van der Waals surface area contributed by atoms with Crippen molar-refractivity contribution in [2.45, 2.75) is 64.0 Å². The second-order valence-corrected chi connectivity index (χ2v) is 6.48. The molecule has 18 heavy (non-hydrogen) atoms. The Balaban J connectivity index is 1.54. The van der Waals surface area contributed by atoms with E-state index < -0.39 is 0 Å². The Morgan fingerprint density at radius 1 is 1.28 bits per heavy atom. The van der Waals surface area contributed by atoms with Crippen LogP contribution in [0.15, 0.2) is 0 Å². The largest absolute Gasteiger partial charge is 0.352 e. The first-order valence-corrected chi connectivity index (χ1v) is 7.82. The molecule has 1 aliphatic heterocycles. The van der Waals surface area contributed by atoms with Crippen LogP contribution in [0.4, 0.5) is 0 Å². The number of likely N-dealkylation sites (tertiary alicyclic amines) is 1. The summed E-state index contributed by atoms with van der Waals surface area (Å²) in [6.07, 6.45) is 8.77. The maximum Gasteiger partial charge on any atom is 0.237 e. The minimum absolute atomic E-state index is 0.170. The zero-order chi connectivity index (χ0) is 12.5. The monoisotopic (exact) mass is 250 g/mol. The summed E-state index contributed by atoms with van der Waals surface area (Å²) < 4.78 is 0. The number of nitrogens with one attached hydrogen (secondary N) is 1. The Kier molecular flexibility index (Phi) is 3.60. The highest BCUT2D eigenvalue weighted by Gasteiger charge is 2.41. The van der Waals surface area contributed by atoms with E-state index in [9.17, 15) is 4.79 Å². The van der Waals surface area contributed by atoms with Crippen LogP contribution in [0, 0.1) is 11.8 Å². The van der Waals surface area contributed by atoms with Gasteiger partial charge in [-0.1, -0.05) is 13.3 Å². The number of rotatable bonds is 4. The van der Waals surface area contributed by atoms with E-state index in [1.165, 1.54) is 32.1 Å². The van der Waals surface area contributed by atoms with Gasteiger partial charge >= 0.3 is 0 Å². The summed E-state index contributed by atoms with van der Waals surface area (Å²) in [7, 11) is 0. The van der Waals surface area contributed by atoms with Crippen molar-refractivity contribution in [1.82, 2.24) is 10.2 Å². The van der Waals surface area contributed by atoms with Gasteiger partial charge in [0.15, 0.2) is 0 Å². The second kappa shape index (κ2) is 5.20. The predicted octanol–water partition coefficient (Wildman–Crippen LogP) is 2.17. The molecule has 3 heteroatoms. The van der Waals surface area contributed by atoms with Crippen LogP contribution in [0.2, 0.25) is 0 Å². The van der Waals surface area contributed by atoms with Crippen molar-refractivity contribution in [1.29, 1.82) is 0 Å². The van der Waals surface area contributed by atoms with Crippen LogP contribution in [0.3, 0.4) is 0 Å². The third kappa shape index (κ3) is 2.29. The smallest absolute Gasteiger partial charge is 0.237 e. The third-order valence-electron chi connectivity index (χ3n) is 5.24. The Hall–Kier alpha value is -0.570. The van der Waals surface area contributed by atoms with E-state index >= 15 is 0 Å². The van der Waals surface area contributed by atoms with E-state index in [-0.39, 0.29) is 6.04 Å². The van der Waals surface area contributed by atoms with Crippen LogP contribution >= 0.6 is 0 Å². The van der Waals surface area contributed by atoms with Gasteiger partial charge in [-0.2, -0.15) is 0 Å². The summed E-state index contributed by atoms with van der Waals surface area (Å²) in [5.41, 5.74) is 0. The Morgan fingerprint density at radius 3 is 2.83 bits per heavy atom. The summed E-state index contributed by atoms with van der Waals surface area (Å²) in [4.78, 5) is 14.8. The molecule has 3 rings (SSSR count). The molecule has 1 unspecified atom stereocenters. The molecule has 1 amide bonds. The highest BCUT2D eigenvalue weighted by Crippen LogP contribution is 2.44. The number of fused-ring (bicyclic) bond motifs is 2. The molecule has 0 radical (unpaired) electrons. The quantitative estimate of drug-likeness (QED) is 0.829. The molecule has 0 aromatic heterocycles. The lowest BCUT2D eigenvalue weighted by atomic mass is 9.95. The molecule has 1 N–H and O–H groups in total. The third-order valence-corrected chi connectivity index (χ3v) is 5.24. The average molecular weight is 250 g/mol. The Morgan fingerprint density at radius 2 is 2.17 bits per heavy atom. The van der Waals surface area contributed by atoms with Gasteiger partial charge in [0.25, 0.3) is 0 Å². The summed E-state index contributed by atoms with van der Waals surface area (Å²) in [5.74, 6) is 2.02. The van der Waals surface area contributed by atoms with Gasteiger partial charge in [0.05, 0.1) is 6.04 Å². The molecule has 1 heterocycles. The summed E-state index contributed by atoms with van der Waals surface area (Å²) >= 11 is 0.